The number of rotatable bonds is 7. The van der Waals surface area contributed by atoms with Crippen LogP contribution in [0.25, 0.3) is 0 Å². The summed E-state index contributed by atoms with van der Waals surface area (Å²) < 4.78 is 24.7. The van der Waals surface area contributed by atoms with Crippen molar-refractivity contribution in [3.63, 3.8) is 0 Å². The van der Waals surface area contributed by atoms with E-state index in [0.29, 0.717) is 6.54 Å². The highest BCUT2D eigenvalue weighted by Gasteiger charge is 2.30. The molecule has 1 aliphatic rings. The molecule has 0 unspecified atom stereocenters. The Bertz CT molecular complexity index is 702. The van der Waals surface area contributed by atoms with Gasteiger partial charge in [-0.3, -0.25) is 0 Å². The second-order valence-corrected chi connectivity index (χ2v) is 9.46. The van der Waals surface area contributed by atoms with Crippen LogP contribution in [0.3, 0.4) is 0 Å². The summed E-state index contributed by atoms with van der Waals surface area (Å²) >= 11 is 0. The minimum atomic E-state index is -3.30. The Morgan fingerprint density at radius 1 is 1.19 bits per heavy atom. The van der Waals surface area contributed by atoms with E-state index in [2.05, 4.69) is 34.5 Å². The monoisotopic (exact) mass is 382 g/mol. The molecular formula is C18H30N4O3S. The molecule has 0 saturated carbocycles. The quantitative estimate of drug-likeness (QED) is 0.775. The summed E-state index contributed by atoms with van der Waals surface area (Å²) in [5, 5.41) is 2.75. The lowest BCUT2D eigenvalue weighted by Gasteiger charge is -2.26. The van der Waals surface area contributed by atoms with Crippen LogP contribution < -0.4 is 5.32 Å². The Kier molecular flexibility index (Phi) is 7.02. The number of nitrogens with one attached hydrogen (secondary N) is 1. The number of amides is 2. The van der Waals surface area contributed by atoms with Crippen LogP contribution in [0.1, 0.15) is 30.0 Å². The average molecular weight is 383 g/mol. The first-order chi connectivity index (χ1) is 12.2. The molecule has 0 aliphatic carbocycles. The molecule has 2 amide bonds. The molecule has 1 heterocycles. The van der Waals surface area contributed by atoms with Crippen molar-refractivity contribution in [3.05, 3.63) is 35.4 Å². The molecule has 26 heavy (non-hydrogen) atoms. The van der Waals surface area contributed by atoms with Crippen molar-refractivity contribution < 1.29 is 13.2 Å². The van der Waals surface area contributed by atoms with Gasteiger partial charge in [0.25, 0.3) is 0 Å². The number of hydrogen-bond acceptors (Lipinski definition) is 4. The van der Waals surface area contributed by atoms with Crippen LogP contribution in [-0.4, -0.2) is 75.6 Å². The summed E-state index contributed by atoms with van der Waals surface area (Å²) in [6.45, 7) is 1.69. The number of benzene rings is 1. The van der Waals surface area contributed by atoms with Crippen molar-refractivity contribution in [3.8, 4) is 0 Å². The molecule has 8 heteroatoms. The number of sulfonamides is 1. The third-order valence-corrected chi connectivity index (χ3v) is 6.40. The van der Waals surface area contributed by atoms with Gasteiger partial charge in [-0.1, -0.05) is 24.3 Å². The zero-order chi connectivity index (χ0) is 19.3. The van der Waals surface area contributed by atoms with Crippen molar-refractivity contribution in [2.45, 2.75) is 25.4 Å². The van der Waals surface area contributed by atoms with Crippen molar-refractivity contribution in [2.75, 3.05) is 47.0 Å². The lowest BCUT2D eigenvalue weighted by Crippen LogP contribution is -2.42. The van der Waals surface area contributed by atoms with Gasteiger partial charge in [-0.2, -0.15) is 0 Å². The first-order valence-corrected chi connectivity index (χ1v) is 10.5. The number of carbonyl (C=O) groups excluding carboxylic acids is 1. The van der Waals surface area contributed by atoms with Gasteiger partial charge in [0.15, 0.2) is 0 Å². The highest BCUT2D eigenvalue weighted by molar-refractivity contribution is 7.89. The van der Waals surface area contributed by atoms with Crippen LogP contribution in [0.5, 0.6) is 0 Å². The summed E-state index contributed by atoms with van der Waals surface area (Å²) in [4.78, 5) is 16.4. The largest absolute Gasteiger partial charge is 0.337 e. The van der Waals surface area contributed by atoms with E-state index >= 15 is 0 Å². The highest BCUT2D eigenvalue weighted by atomic mass is 32.2. The van der Waals surface area contributed by atoms with E-state index in [4.69, 9.17) is 0 Å². The lowest BCUT2D eigenvalue weighted by atomic mass is 10.0. The van der Waals surface area contributed by atoms with Crippen LogP contribution in [0.4, 0.5) is 4.79 Å². The molecule has 0 aromatic heterocycles. The molecule has 146 valence electrons. The van der Waals surface area contributed by atoms with E-state index < -0.39 is 10.0 Å². The van der Waals surface area contributed by atoms with Gasteiger partial charge in [0.2, 0.25) is 10.0 Å². The van der Waals surface area contributed by atoms with Gasteiger partial charge in [0.1, 0.15) is 0 Å². The Morgan fingerprint density at radius 2 is 1.85 bits per heavy atom. The average Bonchev–Trinajstić information content (AvgIpc) is 3.04. The summed E-state index contributed by atoms with van der Waals surface area (Å²) in [7, 11) is 3.76. The van der Waals surface area contributed by atoms with Gasteiger partial charge < -0.3 is 15.1 Å². The van der Waals surface area contributed by atoms with Crippen LogP contribution in [-0.2, 0) is 16.6 Å². The van der Waals surface area contributed by atoms with E-state index in [1.165, 1.54) is 24.0 Å². The van der Waals surface area contributed by atoms with Gasteiger partial charge in [0, 0.05) is 33.7 Å². The molecular weight excluding hydrogens is 352 g/mol. The van der Waals surface area contributed by atoms with Crippen molar-refractivity contribution in [1.29, 1.82) is 0 Å². The zero-order valence-corrected chi connectivity index (χ0v) is 16.9. The number of carbonyl (C=O) groups is 1. The fourth-order valence-corrected chi connectivity index (χ4v) is 3.86. The summed E-state index contributed by atoms with van der Waals surface area (Å²) in [6.07, 6.45) is 1.88. The van der Waals surface area contributed by atoms with Crippen LogP contribution in [0, 0.1) is 0 Å². The summed E-state index contributed by atoms with van der Waals surface area (Å²) in [5.74, 6) is -0.0938. The maximum Gasteiger partial charge on any atom is 0.317 e. The van der Waals surface area contributed by atoms with Gasteiger partial charge in [-0.25, -0.2) is 17.5 Å². The van der Waals surface area contributed by atoms with Crippen molar-refractivity contribution in [2.24, 2.45) is 0 Å². The van der Waals surface area contributed by atoms with Crippen LogP contribution in [0.15, 0.2) is 24.3 Å². The smallest absolute Gasteiger partial charge is 0.317 e. The highest BCUT2D eigenvalue weighted by Crippen LogP contribution is 2.32. The zero-order valence-electron chi connectivity index (χ0n) is 16.1. The maximum absolute atomic E-state index is 12.5. The third kappa shape index (κ3) is 5.43. The van der Waals surface area contributed by atoms with Crippen molar-refractivity contribution in [1.82, 2.24) is 19.4 Å². The molecule has 1 N–H and O–H groups in total. The fraction of sp³-hybridized carbons (Fsp3) is 0.611. The molecule has 2 rings (SSSR count). The maximum atomic E-state index is 12.5. The van der Waals surface area contributed by atoms with Gasteiger partial charge in [-0.05, 0) is 38.1 Å². The van der Waals surface area contributed by atoms with Crippen molar-refractivity contribution >= 4 is 16.1 Å². The molecule has 1 fully saturated rings. The second-order valence-electron chi connectivity index (χ2n) is 7.16. The molecule has 1 saturated heterocycles. The van der Waals surface area contributed by atoms with E-state index in [1.54, 1.807) is 0 Å². The van der Waals surface area contributed by atoms with E-state index in [1.807, 2.05) is 19.0 Å². The number of hydrogen-bond donors (Lipinski definition) is 1. The Morgan fingerprint density at radius 3 is 2.42 bits per heavy atom. The molecule has 7 nitrogen and oxygen atoms in total. The molecule has 1 aromatic carbocycles. The van der Waals surface area contributed by atoms with E-state index in [-0.39, 0.29) is 24.4 Å². The Labute approximate surface area is 157 Å². The number of likely N-dealkylation sites (tertiary alicyclic amines) is 1. The normalized spacial score (nSPS) is 17.9. The first-order valence-electron chi connectivity index (χ1n) is 8.89. The van der Waals surface area contributed by atoms with Crippen LogP contribution >= 0.6 is 0 Å². The number of nitrogens with zero attached hydrogens (tertiary/aromatic N) is 3. The minimum Gasteiger partial charge on any atom is -0.337 e. The first kappa shape index (κ1) is 20.7. The second kappa shape index (κ2) is 8.83. The molecule has 1 aromatic rings. The van der Waals surface area contributed by atoms with Gasteiger partial charge in [-0.15, -0.1) is 0 Å². The van der Waals surface area contributed by atoms with Gasteiger partial charge in [0.05, 0.1) is 11.8 Å². The predicted molar refractivity (Wildman–Crippen MR) is 103 cm³/mol. The summed E-state index contributed by atoms with van der Waals surface area (Å²) in [5.41, 5.74) is 2.36. The lowest BCUT2D eigenvalue weighted by molar-refractivity contribution is 0.193. The molecule has 1 aliphatic heterocycles. The molecule has 0 spiro atoms. The Balaban J connectivity index is 1.95. The van der Waals surface area contributed by atoms with Crippen LogP contribution in [0.2, 0.25) is 0 Å². The minimum absolute atomic E-state index is 0.0499. The summed E-state index contributed by atoms with van der Waals surface area (Å²) in [6, 6.07) is 8.24. The standard InChI is InChI=1S/C18H30N4O3S/c1-20(2)14-15-7-9-16(10-8-15)17-6-5-12-22(17)18(23)19-11-13-26(24,25)21(3)4/h7-10,17H,5-6,11-14H2,1-4H3,(H,19,23)/t17-/m1/s1. The molecule has 0 bridgehead atoms. The van der Waals surface area contributed by atoms with E-state index in [0.717, 1.165) is 24.9 Å². The predicted octanol–water partition coefficient (Wildman–Crippen LogP) is 1.49. The topological polar surface area (TPSA) is 73.0 Å². The molecule has 0 radical (unpaired) electrons. The van der Waals surface area contributed by atoms with E-state index in [9.17, 15) is 13.2 Å². The molecule has 1 atom stereocenters. The van der Waals surface area contributed by atoms with Gasteiger partial charge >= 0.3 is 6.03 Å². The number of urea groups is 1. The fourth-order valence-electron chi connectivity index (χ4n) is 3.14. The Hall–Kier alpha value is -1.64. The SMILES string of the molecule is CN(C)Cc1ccc([C@H]2CCCN2C(=O)NCCS(=O)(=O)N(C)C)cc1. The third-order valence-electron chi connectivity index (χ3n) is 4.57.